The summed E-state index contributed by atoms with van der Waals surface area (Å²) < 4.78 is 0. The van der Waals surface area contributed by atoms with Crippen molar-refractivity contribution in [2.75, 3.05) is 13.1 Å². The van der Waals surface area contributed by atoms with Gasteiger partial charge in [0.1, 0.15) is 0 Å². The number of benzene rings is 1. The van der Waals surface area contributed by atoms with E-state index in [4.69, 9.17) is 5.73 Å². The topological polar surface area (TPSA) is 29.3 Å². The highest BCUT2D eigenvalue weighted by Crippen LogP contribution is 2.34. The van der Waals surface area contributed by atoms with E-state index in [9.17, 15) is 0 Å². The van der Waals surface area contributed by atoms with Gasteiger partial charge < -0.3 is 5.73 Å². The summed E-state index contributed by atoms with van der Waals surface area (Å²) in [6, 6.07) is 12.1. The molecule has 0 radical (unpaired) electrons. The second-order valence-electron chi connectivity index (χ2n) is 6.63. The Hall–Kier alpha value is -0.860. The Morgan fingerprint density at radius 3 is 2.58 bits per heavy atom. The minimum atomic E-state index is 0.371. The maximum absolute atomic E-state index is 6.29. The van der Waals surface area contributed by atoms with Crippen molar-refractivity contribution in [3.05, 3.63) is 35.9 Å². The molecule has 0 aromatic heterocycles. The lowest BCUT2D eigenvalue weighted by atomic mass is 9.77. The van der Waals surface area contributed by atoms with Crippen LogP contribution in [-0.2, 0) is 6.42 Å². The first-order valence-electron chi connectivity index (χ1n) is 7.76. The van der Waals surface area contributed by atoms with E-state index in [0.29, 0.717) is 6.04 Å². The van der Waals surface area contributed by atoms with Crippen LogP contribution in [0.5, 0.6) is 0 Å². The minimum Gasteiger partial charge on any atom is -0.327 e. The zero-order valence-corrected chi connectivity index (χ0v) is 12.0. The third-order valence-corrected chi connectivity index (χ3v) is 5.01. The molecule has 2 heteroatoms. The van der Waals surface area contributed by atoms with Crippen molar-refractivity contribution in [3.63, 3.8) is 0 Å². The minimum absolute atomic E-state index is 0.371. The Kier molecular flexibility index (Phi) is 3.90. The maximum Gasteiger partial charge on any atom is 0.0171 e. The van der Waals surface area contributed by atoms with Gasteiger partial charge in [-0.2, -0.15) is 0 Å². The van der Waals surface area contributed by atoms with Crippen LogP contribution in [0, 0.1) is 11.8 Å². The Morgan fingerprint density at radius 1 is 1.16 bits per heavy atom. The van der Waals surface area contributed by atoms with Crippen molar-refractivity contribution in [2.24, 2.45) is 17.6 Å². The molecule has 2 N–H and O–H groups in total. The summed E-state index contributed by atoms with van der Waals surface area (Å²) in [4.78, 5) is 2.68. The third-order valence-electron chi connectivity index (χ3n) is 5.01. The molecule has 2 nitrogen and oxygen atoms in total. The third kappa shape index (κ3) is 3.01. The van der Waals surface area contributed by atoms with Gasteiger partial charge in [0.05, 0.1) is 0 Å². The summed E-state index contributed by atoms with van der Waals surface area (Å²) in [5.41, 5.74) is 7.75. The number of likely N-dealkylation sites (tertiary alicyclic amines) is 1. The monoisotopic (exact) mass is 258 g/mol. The van der Waals surface area contributed by atoms with Crippen LogP contribution in [0.1, 0.15) is 31.7 Å². The molecule has 104 valence electrons. The first-order valence-corrected chi connectivity index (χ1v) is 7.76. The molecule has 1 saturated carbocycles. The van der Waals surface area contributed by atoms with Crippen molar-refractivity contribution >= 4 is 0 Å². The lowest BCUT2D eigenvalue weighted by Gasteiger charge is -2.48. The van der Waals surface area contributed by atoms with Gasteiger partial charge >= 0.3 is 0 Å². The SMILES string of the molecule is CC1CCC1N1CC(N)CC(Cc2ccccc2)C1. The molecule has 4 atom stereocenters. The molecule has 0 amide bonds. The van der Waals surface area contributed by atoms with Crippen LogP contribution in [0.25, 0.3) is 0 Å². The maximum atomic E-state index is 6.29. The van der Waals surface area contributed by atoms with Crippen LogP contribution in [-0.4, -0.2) is 30.1 Å². The molecule has 1 heterocycles. The molecule has 2 aliphatic rings. The highest BCUT2D eigenvalue weighted by molar-refractivity contribution is 5.15. The van der Waals surface area contributed by atoms with Gasteiger partial charge in [-0.25, -0.2) is 0 Å². The Morgan fingerprint density at radius 2 is 1.95 bits per heavy atom. The van der Waals surface area contributed by atoms with Gasteiger partial charge in [0.25, 0.3) is 0 Å². The predicted octanol–water partition coefficient (Wildman–Crippen LogP) is 2.68. The van der Waals surface area contributed by atoms with Gasteiger partial charge in [-0.3, -0.25) is 4.90 Å². The largest absolute Gasteiger partial charge is 0.327 e. The van der Waals surface area contributed by atoms with Crippen molar-refractivity contribution in [2.45, 2.75) is 44.7 Å². The van der Waals surface area contributed by atoms with Gasteiger partial charge in [0.2, 0.25) is 0 Å². The van der Waals surface area contributed by atoms with Crippen molar-refractivity contribution < 1.29 is 0 Å². The molecule has 3 rings (SSSR count). The first kappa shape index (κ1) is 13.1. The van der Waals surface area contributed by atoms with Crippen LogP contribution in [0.3, 0.4) is 0 Å². The summed E-state index contributed by atoms with van der Waals surface area (Å²) in [6.45, 7) is 4.75. The Labute approximate surface area is 117 Å². The molecule has 1 aromatic rings. The van der Waals surface area contributed by atoms with E-state index in [1.807, 2.05) is 0 Å². The quantitative estimate of drug-likeness (QED) is 0.903. The molecular weight excluding hydrogens is 232 g/mol. The van der Waals surface area contributed by atoms with Crippen LogP contribution < -0.4 is 5.73 Å². The Balaban J connectivity index is 1.62. The molecule has 1 aliphatic heterocycles. The van der Waals surface area contributed by atoms with E-state index >= 15 is 0 Å². The fourth-order valence-corrected chi connectivity index (χ4v) is 3.84. The Bertz CT molecular complexity index is 403. The van der Waals surface area contributed by atoms with Crippen LogP contribution in [0.2, 0.25) is 0 Å². The lowest BCUT2D eigenvalue weighted by Crippen LogP contribution is -2.55. The average molecular weight is 258 g/mol. The fourth-order valence-electron chi connectivity index (χ4n) is 3.84. The van der Waals surface area contributed by atoms with Crippen LogP contribution in [0.15, 0.2) is 30.3 Å². The molecule has 0 bridgehead atoms. The highest BCUT2D eigenvalue weighted by atomic mass is 15.2. The molecule has 4 unspecified atom stereocenters. The number of piperidine rings is 1. The molecular formula is C17H26N2. The van der Waals surface area contributed by atoms with E-state index in [0.717, 1.165) is 24.4 Å². The van der Waals surface area contributed by atoms with Gasteiger partial charge in [-0.05, 0) is 43.1 Å². The summed E-state index contributed by atoms with van der Waals surface area (Å²) in [7, 11) is 0. The molecule has 19 heavy (non-hydrogen) atoms. The van der Waals surface area contributed by atoms with E-state index < -0.39 is 0 Å². The standard InChI is InChI=1S/C17H26N2/c1-13-7-8-17(13)19-11-15(10-16(18)12-19)9-14-5-3-2-4-6-14/h2-6,13,15-17H,7-12,18H2,1H3. The van der Waals surface area contributed by atoms with E-state index in [1.165, 1.54) is 37.8 Å². The normalized spacial score (nSPS) is 35.9. The smallest absolute Gasteiger partial charge is 0.0171 e. The second kappa shape index (κ2) is 5.64. The van der Waals surface area contributed by atoms with Gasteiger partial charge in [0, 0.05) is 25.2 Å². The zero-order chi connectivity index (χ0) is 13.2. The van der Waals surface area contributed by atoms with Gasteiger partial charge in [-0.1, -0.05) is 37.3 Å². The number of nitrogens with zero attached hydrogens (tertiary/aromatic N) is 1. The molecule has 1 saturated heterocycles. The second-order valence-corrected chi connectivity index (χ2v) is 6.63. The lowest BCUT2D eigenvalue weighted by molar-refractivity contribution is 0.0288. The van der Waals surface area contributed by atoms with Crippen molar-refractivity contribution in [1.82, 2.24) is 4.90 Å². The molecule has 2 fully saturated rings. The summed E-state index contributed by atoms with van der Waals surface area (Å²) in [6.07, 6.45) is 5.16. The first-order chi connectivity index (χ1) is 9.22. The van der Waals surface area contributed by atoms with Crippen molar-refractivity contribution in [3.8, 4) is 0 Å². The van der Waals surface area contributed by atoms with E-state index in [2.05, 4.69) is 42.2 Å². The predicted molar refractivity (Wildman–Crippen MR) is 80.0 cm³/mol. The number of nitrogens with two attached hydrogens (primary N) is 1. The number of rotatable bonds is 3. The van der Waals surface area contributed by atoms with Gasteiger partial charge in [-0.15, -0.1) is 0 Å². The summed E-state index contributed by atoms with van der Waals surface area (Å²) in [5.74, 6) is 1.61. The van der Waals surface area contributed by atoms with Gasteiger partial charge in [0.15, 0.2) is 0 Å². The zero-order valence-electron chi connectivity index (χ0n) is 12.0. The average Bonchev–Trinajstić information content (AvgIpc) is 2.37. The molecule has 1 aromatic carbocycles. The molecule has 1 aliphatic carbocycles. The van der Waals surface area contributed by atoms with E-state index in [-0.39, 0.29) is 0 Å². The van der Waals surface area contributed by atoms with Crippen LogP contribution in [0.4, 0.5) is 0 Å². The van der Waals surface area contributed by atoms with Crippen molar-refractivity contribution in [1.29, 1.82) is 0 Å². The fraction of sp³-hybridized carbons (Fsp3) is 0.647. The van der Waals surface area contributed by atoms with E-state index in [1.54, 1.807) is 0 Å². The van der Waals surface area contributed by atoms with Crippen LogP contribution >= 0.6 is 0 Å². The number of hydrogen-bond acceptors (Lipinski definition) is 2. The summed E-state index contributed by atoms with van der Waals surface area (Å²) >= 11 is 0. The number of hydrogen-bond donors (Lipinski definition) is 1. The highest BCUT2D eigenvalue weighted by Gasteiger charge is 2.36. The molecule has 0 spiro atoms. The summed E-state index contributed by atoms with van der Waals surface area (Å²) in [5, 5.41) is 0.